The van der Waals surface area contributed by atoms with E-state index in [4.69, 9.17) is 4.98 Å². The van der Waals surface area contributed by atoms with E-state index in [0.717, 1.165) is 49.9 Å². The van der Waals surface area contributed by atoms with Crippen molar-refractivity contribution in [3.05, 3.63) is 110 Å². The SMILES string of the molecule is c1cnc2c(c1)cc(-c1cc(-c3ccncc3)nc(-c3ccncc3)c1)c1ccccc12. The molecule has 4 nitrogen and oxygen atoms in total. The van der Waals surface area contributed by atoms with Crippen LogP contribution in [0.2, 0.25) is 0 Å². The summed E-state index contributed by atoms with van der Waals surface area (Å²) in [7, 11) is 0. The summed E-state index contributed by atoms with van der Waals surface area (Å²) in [6, 6.07) is 27.1. The predicted molar refractivity (Wildman–Crippen MR) is 129 cm³/mol. The van der Waals surface area contributed by atoms with Crippen LogP contribution in [0.3, 0.4) is 0 Å². The molecule has 6 rings (SSSR count). The molecule has 4 heterocycles. The first-order valence-electron chi connectivity index (χ1n) is 10.5. The van der Waals surface area contributed by atoms with Crippen molar-refractivity contribution in [2.75, 3.05) is 0 Å². The third kappa shape index (κ3) is 3.19. The number of hydrogen-bond acceptors (Lipinski definition) is 4. The van der Waals surface area contributed by atoms with E-state index in [-0.39, 0.29) is 0 Å². The number of rotatable bonds is 3. The highest BCUT2D eigenvalue weighted by atomic mass is 14.7. The molecule has 4 heteroatoms. The van der Waals surface area contributed by atoms with E-state index in [9.17, 15) is 0 Å². The smallest absolute Gasteiger partial charge is 0.0780 e. The number of pyridine rings is 4. The van der Waals surface area contributed by atoms with Gasteiger partial charge in [0.05, 0.1) is 16.9 Å². The summed E-state index contributed by atoms with van der Waals surface area (Å²) in [5.74, 6) is 0. The lowest BCUT2D eigenvalue weighted by Crippen LogP contribution is -1.93. The average molecular weight is 410 g/mol. The van der Waals surface area contributed by atoms with Crippen LogP contribution in [-0.4, -0.2) is 19.9 Å². The topological polar surface area (TPSA) is 51.6 Å². The Morgan fingerprint density at radius 3 is 1.78 bits per heavy atom. The maximum atomic E-state index is 4.97. The molecular formula is C28H18N4. The third-order valence-electron chi connectivity index (χ3n) is 5.70. The molecule has 6 aromatic rings. The molecule has 0 aliphatic heterocycles. The summed E-state index contributed by atoms with van der Waals surface area (Å²) in [5.41, 5.74) is 7.17. The molecule has 150 valence electrons. The van der Waals surface area contributed by atoms with E-state index in [1.165, 1.54) is 5.39 Å². The Kier molecular flexibility index (Phi) is 4.40. The molecule has 0 N–H and O–H groups in total. The van der Waals surface area contributed by atoms with Crippen molar-refractivity contribution in [3.8, 4) is 33.6 Å². The minimum atomic E-state index is 0.909. The van der Waals surface area contributed by atoms with E-state index in [2.05, 4.69) is 63.5 Å². The number of fused-ring (bicyclic) bond motifs is 3. The van der Waals surface area contributed by atoms with Crippen LogP contribution < -0.4 is 0 Å². The van der Waals surface area contributed by atoms with Gasteiger partial charge in [-0.3, -0.25) is 15.0 Å². The molecular weight excluding hydrogens is 392 g/mol. The predicted octanol–water partition coefficient (Wildman–Crippen LogP) is 6.57. The number of benzene rings is 2. The lowest BCUT2D eigenvalue weighted by Gasteiger charge is -2.13. The number of nitrogens with zero attached hydrogens (tertiary/aromatic N) is 4. The number of hydrogen-bond donors (Lipinski definition) is 0. The van der Waals surface area contributed by atoms with Crippen LogP contribution in [0.1, 0.15) is 0 Å². The third-order valence-corrected chi connectivity index (χ3v) is 5.70. The van der Waals surface area contributed by atoms with Crippen LogP contribution in [0.4, 0.5) is 0 Å². The lowest BCUT2D eigenvalue weighted by atomic mass is 9.94. The highest BCUT2D eigenvalue weighted by molar-refractivity contribution is 6.12. The Labute approximate surface area is 185 Å². The summed E-state index contributed by atoms with van der Waals surface area (Å²) in [5, 5.41) is 3.44. The first-order valence-corrected chi connectivity index (χ1v) is 10.5. The Morgan fingerprint density at radius 1 is 0.500 bits per heavy atom. The minimum Gasteiger partial charge on any atom is -0.265 e. The molecule has 0 unspecified atom stereocenters. The second kappa shape index (κ2) is 7.67. The summed E-state index contributed by atoms with van der Waals surface area (Å²) in [4.78, 5) is 18.0. The van der Waals surface area contributed by atoms with Crippen molar-refractivity contribution in [1.82, 2.24) is 19.9 Å². The van der Waals surface area contributed by atoms with Crippen molar-refractivity contribution in [3.63, 3.8) is 0 Å². The molecule has 4 aromatic heterocycles. The van der Waals surface area contributed by atoms with Gasteiger partial charge in [-0.05, 0) is 65.0 Å². The van der Waals surface area contributed by atoms with Crippen LogP contribution >= 0.6 is 0 Å². The molecule has 0 amide bonds. The summed E-state index contributed by atoms with van der Waals surface area (Å²) < 4.78 is 0. The zero-order valence-corrected chi connectivity index (χ0v) is 17.2. The second-order valence-corrected chi connectivity index (χ2v) is 7.64. The van der Waals surface area contributed by atoms with E-state index in [1.54, 1.807) is 24.8 Å². The van der Waals surface area contributed by atoms with Crippen molar-refractivity contribution < 1.29 is 0 Å². The lowest BCUT2D eigenvalue weighted by molar-refractivity contribution is 1.27. The van der Waals surface area contributed by atoms with Gasteiger partial charge in [-0.2, -0.15) is 0 Å². The Balaban J connectivity index is 1.67. The first kappa shape index (κ1) is 18.3. The van der Waals surface area contributed by atoms with Gasteiger partial charge < -0.3 is 0 Å². The molecule has 0 atom stereocenters. The fourth-order valence-electron chi connectivity index (χ4n) is 4.18. The fraction of sp³-hybridized carbons (Fsp3) is 0. The molecule has 0 aliphatic rings. The van der Waals surface area contributed by atoms with Crippen LogP contribution in [0, 0.1) is 0 Å². The highest BCUT2D eigenvalue weighted by Crippen LogP contribution is 2.37. The molecule has 0 aliphatic carbocycles. The van der Waals surface area contributed by atoms with E-state index < -0.39 is 0 Å². The maximum Gasteiger partial charge on any atom is 0.0780 e. The normalized spacial score (nSPS) is 11.1. The van der Waals surface area contributed by atoms with Gasteiger partial charge in [-0.1, -0.05) is 30.3 Å². The van der Waals surface area contributed by atoms with Gasteiger partial charge in [0.25, 0.3) is 0 Å². The molecule has 0 fully saturated rings. The van der Waals surface area contributed by atoms with Crippen LogP contribution in [0.25, 0.3) is 55.3 Å². The molecule has 32 heavy (non-hydrogen) atoms. The molecule has 0 radical (unpaired) electrons. The van der Waals surface area contributed by atoms with Gasteiger partial charge in [0.1, 0.15) is 0 Å². The minimum absolute atomic E-state index is 0.909. The molecule has 0 saturated carbocycles. The molecule has 0 bridgehead atoms. The second-order valence-electron chi connectivity index (χ2n) is 7.64. The molecule has 2 aromatic carbocycles. The van der Waals surface area contributed by atoms with Crippen molar-refractivity contribution >= 4 is 21.7 Å². The van der Waals surface area contributed by atoms with Crippen molar-refractivity contribution in [1.29, 1.82) is 0 Å². The van der Waals surface area contributed by atoms with E-state index in [1.807, 2.05) is 36.5 Å². The number of aromatic nitrogens is 4. The van der Waals surface area contributed by atoms with Crippen LogP contribution in [0.5, 0.6) is 0 Å². The first-order chi connectivity index (χ1) is 15.9. The van der Waals surface area contributed by atoms with Gasteiger partial charge >= 0.3 is 0 Å². The van der Waals surface area contributed by atoms with E-state index in [0.29, 0.717) is 0 Å². The van der Waals surface area contributed by atoms with Crippen LogP contribution in [-0.2, 0) is 0 Å². The summed E-state index contributed by atoms with van der Waals surface area (Å²) in [6.45, 7) is 0. The Bertz CT molecular complexity index is 1500. The zero-order chi connectivity index (χ0) is 21.3. The maximum absolute atomic E-state index is 4.97. The van der Waals surface area contributed by atoms with Crippen LogP contribution in [0.15, 0.2) is 110 Å². The quantitative estimate of drug-likeness (QED) is 0.310. The van der Waals surface area contributed by atoms with Gasteiger partial charge in [0.2, 0.25) is 0 Å². The largest absolute Gasteiger partial charge is 0.265 e. The standard InChI is InChI=1S/C28H18N4/c1-2-6-24-23(5-1)25(16-21-4-3-11-31-28(21)24)22-17-26(19-7-12-29-13-8-19)32-27(18-22)20-9-14-30-15-10-20/h1-18H. The zero-order valence-electron chi connectivity index (χ0n) is 17.2. The van der Waals surface area contributed by atoms with Gasteiger partial charge in [-0.25, -0.2) is 4.98 Å². The van der Waals surface area contributed by atoms with Gasteiger partial charge in [0, 0.05) is 52.9 Å². The van der Waals surface area contributed by atoms with Crippen molar-refractivity contribution in [2.45, 2.75) is 0 Å². The highest BCUT2D eigenvalue weighted by Gasteiger charge is 2.13. The molecule has 0 saturated heterocycles. The summed E-state index contributed by atoms with van der Waals surface area (Å²) in [6.07, 6.45) is 9.05. The van der Waals surface area contributed by atoms with Gasteiger partial charge in [0.15, 0.2) is 0 Å². The molecule has 0 spiro atoms. The summed E-state index contributed by atoms with van der Waals surface area (Å²) >= 11 is 0. The monoisotopic (exact) mass is 410 g/mol. The van der Waals surface area contributed by atoms with Crippen molar-refractivity contribution in [2.24, 2.45) is 0 Å². The Hall–Kier alpha value is -4.44. The average Bonchev–Trinajstić information content (AvgIpc) is 2.89. The fourth-order valence-corrected chi connectivity index (χ4v) is 4.18. The Morgan fingerprint density at radius 2 is 1.12 bits per heavy atom. The van der Waals surface area contributed by atoms with Gasteiger partial charge in [-0.15, -0.1) is 0 Å². The van der Waals surface area contributed by atoms with E-state index >= 15 is 0 Å².